The molecule has 2 heterocycles. The van der Waals surface area contributed by atoms with Gasteiger partial charge in [0.05, 0.1) is 11.4 Å². The van der Waals surface area contributed by atoms with Crippen molar-refractivity contribution in [3.8, 4) is 0 Å². The maximum Gasteiger partial charge on any atom is 0.269 e. The van der Waals surface area contributed by atoms with Crippen LogP contribution < -0.4 is 10.2 Å². The van der Waals surface area contributed by atoms with E-state index in [0.717, 1.165) is 38.0 Å². The summed E-state index contributed by atoms with van der Waals surface area (Å²) in [4.78, 5) is 14.5. The minimum Gasteiger partial charge on any atom is -0.369 e. The van der Waals surface area contributed by atoms with E-state index in [4.69, 9.17) is 0 Å². The lowest BCUT2D eigenvalue weighted by Crippen LogP contribution is -2.32. The molecule has 3 rings (SSSR count). The Balaban J connectivity index is 1.54. The largest absolute Gasteiger partial charge is 0.369 e. The van der Waals surface area contributed by atoms with E-state index in [2.05, 4.69) is 22.2 Å². The van der Waals surface area contributed by atoms with Crippen LogP contribution in [0.2, 0.25) is 0 Å². The van der Waals surface area contributed by atoms with E-state index in [-0.39, 0.29) is 11.7 Å². The number of benzene rings is 1. The highest BCUT2D eigenvalue weighted by Crippen LogP contribution is 2.25. The monoisotopic (exact) mass is 344 g/mol. The number of anilines is 1. The molecule has 1 aromatic carbocycles. The SMILES string of the molecule is CCCc1cc(C(=O)NC[C@H]2CCN(c3ccccc3F)C2)n(C)n1. The van der Waals surface area contributed by atoms with Gasteiger partial charge in [-0.1, -0.05) is 25.5 Å². The Morgan fingerprint density at radius 1 is 1.40 bits per heavy atom. The number of amides is 1. The molecule has 1 aromatic heterocycles. The van der Waals surface area contributed by atoms with Gasteiger partial charge in [-0.3, -0.25) is 9.48 Å². The van der Waals surface area contributed by atoms with Gasteiger partial charge in [-0.25, -0.2) is 4.39 Å². The molecular formula is C19H25FN4O. The Morgan fingerprint density at radius 3 is 2.96 bits per heavy atom. The van der Waals surface area contributed by atoms with Gasteiger partial charge in [0, 0.05) is 26.7 Å². The molecule has 2 aromatic rings. The van der Waals surface area contributed by atoms with Crippen LogP contribution in [0.3, 0.4) is 0 Å². The maximum absolute atomic E-state index is 13.9. The summed E-state index contributed by atoms with van der Waals surface area (Å²) < 4.78 is 15.5. The summed E-state index contributed by atoms with van der Waals surface area (Å²) in [5, 5.41) is 7.37. The number of aryl methyl sites for hydroxylation is 2. The first-order valence-corrected chi connectivity index (χ1v) is 8.89. The van der Waals surface area contributed by atoms with Gasteiger partial charge in [-0.05, 0) is 37.0 Å². The Morgan fingerprint density at radius 2 is 2.20 bits per heavy atom. The number of para-hydroxylation sites is 1. The number of hydrogen-bond donors (Lipinski definition) is 1. The van der Waals surface area contributed by atoms with Crippen molar-refractivity contribution in [1.82, 2.24) is 15.1 Å². The minimum absolute atomic E-state index is 0.0957. The van der Waals surface area contributed by atoms with Crippen molar-refractivity contribution >= 4 is 11.6 Å². The van der Waals surface area contributed by atoms with Crippen LogP contribution in [0.4, 0.5) is 10.1 Å². The van der Waals surface area contributed by atoms with Gasteiger partial charge in [0.15, 0.2) is 0 Å². The third kappa shape index (κ3) is 4.00. The van der Waals surface area contributed by atoms with E-state index >= 15 is 0 Å². The average molecular weight is 344 g/mol. The van der Waals surface area contributed by atoms with Crippen LogP contribution in [0, 0.1) is 11.7 Å². The summed E-state index contributed by atoms with van der Waals surface area (Å²) in [6.07, 6.45) is 2.83. The molecule has 25 heavy (non-hydrogen) atoms. The number of nitrogens with zero attached hydrogens (tertiary/aromatic N) is 3. The number of rotatable bonds is 6. The van der Waals surface area contributed by atoms with Crippen LogP contribution in [0.25, 0.3) is 0 Å². The van der Waals surface area contributed by atoms with Crippen molar-refractivity contribution in [3.63, 3.8) is 0 Å². The standard InChI is InChI=1S/C19H25FN4O/c1-3-6-15-11-18(23(2)22-15)19(25)21-12-14-9-10-24(13-14)17-8-5-4-7-16(17)20/h4-5,7-8,11,14H,3,6,9-10,12-13H2,1-2H3,(H,21,25)/t14-/m1/s1. The highest BCUT2D eigenvalue weighted by atomic mass is 19.1. The van der Waals surface area contributed by atoms with E-state index in [0.29, 0.717) is 23.8 Å². The van der Waals surface area contributed by atoms with Crippen LogP contribution in [0.1, 0.15) is 35.9 Å². The van der Waals surface area contributed by atoms with Crippen molar-refractivity contribution in [2.45, 2.75) is 26.2 Å². The van der Waals surface area contributed by atoms with Gasteiger partial charge in [0.2, 0.25) is 0 Å². The Hall–Kier alpha value is -2.37. The number of aromatic nitrogens is 2. The fourth-order valence-corrected chi connectivity index (χ4v) is 3.37. The lowest BCUT2D eigenvalue weighted by Gasteiger charge is -2.19. The highest BCUT2D eigenvalue weighted by Gasteiger charge is 2.25. The lowest BCUT2D eigenvalue weighted by atomic mass is 10.1. The van der Waals surface area contributed by atoms with Crippen LogP contribution in [-0.4, -0.2) is 35.3 Å². The van der Waals surface area contributed by atoms with Crippen molar-refractivity contribution in [2.75, 3.05) is 24.5 Å². The topological polar surface area (TPSA) is 50.2 Å². The molecule has 1 aliphatic heterocycles. The second-order valence-electron chi connectivity index (χ2n) is 6.66. The molecule has 5 nitrogen and oxygen atoms in total. The van der Waals surface area contributed by atoms with Crippen LogP contribution in [0.5, 0.6) is 0 Å². The maximum atomic E-state index is 13.9. The van der Waals surface area contributed by atoms with Crippen molar-refractivity contribution in [2.24, 2.45) is 13.0 Å². The molecule has 6 heteroatoms. The van der Waals surface area contributed by atoms with Gasteiger partial charge in [-0.2, -0.15) is 5.10 Å². The molecule has 1 N–H and O–H groups in total. The van der Waals surface area contributed by atoms with Gasteiger partial charge < -0.3 is 10.2 Å². The first-order chi connectivity index (χ1) is 12.1. The number of carbonyl (C=O) groups excluding carboxylic acids is 1. The van der Waals surface area contributed by atoms with Crippen molar-refractivity contribution in [3.05, 3.63) is 47.5 Å². The summed E-state index contributed by atoms with van der Waals surface area (Å²) in [6, 6.07) is 8.71. The number of halogens is 1. The van der Waals surface area contributed by atoms with Crippen molar-refractivity contribution < 1.29 is 9.18 Å². The quantitative estimate of drug-likeness (QED) is 0.877. The third-order valence-electron chi connectivity index (χ3n) is 4.70. The first-order valence-electron chi connectivity index (χ1n) is 8.89. The second-order valence-corrected chi connectivity index (χ2v) is 6.66. The average Bonchev–Trinajstić information content (AvgIpc) is 3.20. The number of nitrogens with one attached hydrogen (secondary N) is 1. The Labute approximate surface area is 147 Å². The first kappa shape index (κ1) is 17.5. The predicted octanol–water partition coefficient (Wildman–Crippen LogP) is 2.77. The molecular weight excluding hydrogens is 319 g/mol. The molecule has 134 valence electrons. The molecule has 0 saturated carbocycles. The molecule has 1 amide bonds. The third-order valence-corrected chi connectivity index (χ3v) is 4.70. The van der Waals surface area contributed by atoms with Gasteiger partial charge >= 0.3 is 0 Å². The molecule has 0 bridgehead atoms. The van der Waals surface area contributed by atoms with E-state index in [1.807, 2.05) is 12.1 Å². The predicted molar refractivity (Wildman–Crippen MR) is 96.3 cm³/mol. The smallest absolute Gasteiger partial charge is 0.269 e. The number of hydrogen-bond acceptors (Lipinski definition) is 3. The number of carbonyl (C=O) groups is 1. The fourth-order valence-electron chi connectivity index (χ4n) is 3.37. The second kappa shape index (κ2) is 7.68. The van der Waals surface area contributed by atoms with Crippen LogP contribution in [0.15, 0.2) is 30.3 Å². The molecule has 0 radical (unpaired) electrons. The molecule has 0 aliphatic carbocycles. The minimum atomic E-state index is -0.189. The summed E-state index contributed by atoms with van der Waals surface area (Å²) in [5.74, 6) is 0.0408. The normalized spacial score (nSPS) is 17.1. The van der Waals surface area contributed by atoms with Crippen LogP contribution in [-0.2, 0) is 13.5 Å². The summed E-state index contributed by atoms with van der Waals surface area (Å²) in [7, 11) is 1.80. The summed E-state index contributed by atoms with van der Waals surface area (Å²) in [5.41, 5.74) is 2.18. The Kier molecular flexibility index (Phi) is 5.36. The molecule has 0 unspecified atom stereocenters. The van der Waals surface area contributed by atoms with E-state index in [1.54, 1.807) is 23.9 Å². The highest BCUT2D eigenvalue weighted by molar-refractivity contribution is 5.92. The summed E-state index contributed by atoms with van der Waals surface area (Å²) >= 11 is 0. The zero-order valence-electron chi connectivity index (χ0n) is 14.8. The van der Waals surface area contributed by atoms with Crippen LogP contribution >= 0.6 is 0 Å². The van der Waals surface area contributed by atoms with E-state index < -0.39 is 0 Å². The fraction of sp³-hybridized carbons (Fsp3) is 0.474. The van der Waals surface area contributed by atoms with E-state index in [9.17, 15) is 9.18 Å². The van der Waals surface area contributed by atoms with E-state index in [1.165, 1.54) is 6.07 Å². The molecule has 1 saturated heterocycles. The van der Waals surface area contributed by atoms with Crippen molar-refractivity contribution in [1.29, 1.82) is 0 Å². The molecule has 1 atom stereocenters. The molecule has 1 aliphatic rings. The summed E-state index contributed by atoms with van der Waals surface area (Å²) in [6.45, 7) is 4.26. The molecule has 1 fully saturated rings. The zero-order chi connectivity index (χ0) is 17.8. The molecule has 0 spiro atoms. The zero-order valence-corrected chi connectivity index (χ0v) is 14.8. The Bertz CT molecular complexity index is 743. The van der Waals surface area contributed by atoms with Gasteiger partial charge in [0.1, 0.15) is 11.5 Å². The van der Waals surface area contributed by atoms with Gasteiger partial charge in [-0.15, -0.1) is 0 Å². The lowest BCUT2D eigenvalue weighted by molar-refractivity contribution is 0.0939. The van der Waals surface area contributed by atoms with Gasteiger partial charge in [0.25, 0.3) is 5.91 Å².